The van der Waals surface area contributed by atoms with Gasteiger partial charge in [0.05, 0.1) is 12.7 Å². The number of esters is 1. The molecule has 0 aliphatic rings. The minimum Gasteiger partial charge on any atom is -0.465 e. The summed E-state index contributed by atoms with van der Waals surface area (Å²) in [6, 6.07) is 0. The second kappa shape index (κ2) is 30.4. The molecule has 0 amide bonds. The Morgan fingerprint density at radius 1 is 0.487 bits per heavy atom. The van der Waals surface area contributed by atoms with Gasteiger partial charge in [-0.2, -0.15) is 0 Å². The highest BCUT2D eigenvalue weighted by Gasteiger charge is 2.15. The van der Waals surface area contributed by atoms with Gasteiger partial charge in [0.2, 0.25) is 0 Å². The molecule has 39 heavy (non-hydrogen) atoms. The van der Waals surface area contributed by atoms with Crippen LogP contribution in [0.2, 0.25) is 0 Å². The van der Waals surface area contributed by atoms with Gasteiger partial charge in [0.1, 0.15) is 0 Å². The molecular formula is C36H72O3. The Bertz CT molecular complexity index is 492. The molecule has 0 bridgehead atoms. The minimum atomic E-state index is -0.0148. The maximum Gasteiger partial charge on any atom is 0.305 e. The van der Waals surface area contributed by atoms with Crippen molar-refractivity contribution in [2.45, 2.75) is 201 Å². The Hall–Kier alpha value is -0.570. The van der Waals surface area contributed by atoms with Crippen LogP contribution in [0.4, 0.5) is 0 Å². The van der Waals surface area contributed by atoms with Crippen LogP contribution >= 0.6 is 0 Å². The predicted molar refractivity (Wildman–Crippen MR) is 171 cm³/mol. The average molecular weight is 553 g/mol. The summed E-state index contributed by atoms with van der Waals surface area (Å²) < 4.78 is 12.1. The van der Waals surface area contributed by atoms with Crippen LogP contribution in [0.25, 0.3) is 0 Å². The van der Waals surface area contributed by atoms with E-state index in [0.29, 0.717) is 31.0 Å². The first kappa shape index (κ1) is 38.4. The highest BCUT2D eigenvalue weighted by molar-refractivity contribution is 5.69. The zero-order valence-electron chi connectivity index (χ0n) is 27.5. The first-order chi connectivity index (χ1) is 19.1. The number of hydrogen-bond donors (Lipinski definition) is 0. The van der Waals surface area contributed by atoms with E-state index in [9.17, 15) is 4.79 Å². The van der Waals surface area contributed by atoms with Crippen LogP contribution in [0.1, 0.15) is 195 Å². The van der Waals surface area contributed by atoms with Crippen molar-refractivity contribution >= 4 is 5.97 Å². The van der Waals surface area contributed by atoms with Crippen LogP contribution in [0.5, 0.6) is 0 Å². The Morgan fingerprint density at radius 3 is 1.41 bits per heavy atom. The summed E-state index contributed by atoms with van der Waals surface area (Å²) in [4.78, 5) is 12.4. The van der Waals surface area contributed by atoms with Gasteiger partial charge in [0.25, 0.3) is 0 Å². The third-order valence-corrected chi connectivity index (χ3v) is 8.67. The van der Waals surface area contributed by atoms with Gasteiger partial charge in [-0.3, -0.25) is 4.79 Å². The Kier molecular flexibility index (Phi) is 29.9. The monoisotopic (exact) mass is 553 g/mol. The fraction of sp³-hybridized carbons (Fsp3) is 0.972. The summed E-state index contributed by atoms with van der Waals surface area (Å²) in [6.07, 6.45) is 31.7. The van der Waals surface area contributed by atoms with E-state index in [2.05, 4.69) is 34.6 Å². The standard InChI is InChI=1S/C36H72O3/c1-6-11-14-15-16-17-18-19-20-21-22-23-24-28-35(38-31-33(9-4)26-12-7-2)29-25-30-36(37)39-32-34(10-5)27-13-8-3/h33-35H,6-32H2,1-5H3. The Labute approximate surface area is 246 Å². The summed E-state index contributed by atoms with van der Waals surface area (Å²) in [6.45, 7) is 12.8. The molecule has 0 aromatic carbocycles. The van der Waals surface area contributed by atoms with Crippen LogP contribution in [0, 0.1) is 11.8 Å². The molecule has 0 aromatic heterocycles. The number of hydrogen-bond acceptors (Lipinski definition) is 3. The summed E-state index contributed by atoms with van der Waals surface area (Å²) >= 11 is 0. The number of unbranched alkanes of at least 4 members (excludes halogenated alkanes) is 14. The van der Waals surface area contributed by atoms with Gasteiger partial charge in [-0.25, -0.2) is 0 Å². The van der Waals surface area contributed by atoms with E-state index >= 15 is 0 Å². The lowest BCUT2D eigenvalue weighted by molar-refractivity contribution is -0.145. The van der Waals surface area contributed by atoms with Crippen molar-refractivity contribution in [2.75, 3.05) is 13.2 Å². The largest absolute Gasteiger partial charge is 0.465 e. The fourth-order valence-electron chi connectivity index (χ4n) is 5.53. The molecule has 0 rings (SSSR count). The summed E-state index contributed by atoms with van der Waals surface area (Å²) in [5, 5.41) is 0. The number of carbonyl (C=O) groups excluding carboxylic acids is 1. The maximum atomic E-state index is 12.4. The zero-order chi connectivity index (χ0) is 28.8. The average Bonchev–Trinajstić information content (AvgIpc) is 2.95. The van der Waals surface area contributed by atoms with E-state index in [1.807, 2.05) is 0 Å². The molecule has 0 heterocycles. The summed E-state index contributed by atoms with van der Waals surface area (Å²) in [5.74, 6) is 1.19. The van der Waals surface area contributed by atoms with Crippen molar-refractivity contribution in [3.8, 4) is 0 Å². The summed E-state index contributed by atoms with van der Waals surface area (Å²) in [5.41, 5.74) is 0. The highest BCUT2D eigenvalue weighted by atomic mass is 16.5. The van der Waals surface area contributed by atoms with Gasteiger partial charge in [-0.1, -0.05) is 157 Å². The van der Waals surface area contributed by atoms with E-state index < -0.39 is 0 Å². The maximum absolute atomic E-state index is 12.4. The lowest BCUT2D eigenvalue weighted by Gasteiger charge is -2.22. The van der Waals surface area contributed by atoms with Crippen molar-refractivity contribution in [1.29, 1.82) is 0 Å². The van der Waals surface area contributed by atoms with E-state index in [1.165, 1.54) is 128 Å². The molecular weight excluding hydrogens is 480 g/mol. The first-order valence-corrected chi connectivity index (χ1v) is 17.9. The van der Waals surface area contributed by atoms with E-state index in [0.717, 1.165) is 32.3 Å². The van der Waals surface area contributed by atoms with Crippen molar-refractivity contribution in [1.82, 2.24) is 0 Å². The molecule has 0 saturated heterocycles. The van der Waals surface area contributed by atoms with Crippen LogP contribution < -0.4 is 0 Å². The van der Waals surface area contributed by atoms with Crippen LogP contribution in [0.15, 0.2) is 0 Å². The van der Waals surface area contributed by atoms with Gasteiger partial charge >= 0.3 is 5.97 Å². The molecule has 0 saturated carbocycles. The molecule has 0 spiro atoms. The van der Waals surface area contributed by atoms with Crippen LogP contribution in [-0.2, 0) is 14.3 Å². The first-order valence-electron chi connectivity index (χ1n) is 17.9. The van der Waals surface area contributed by atoms with Crippen LogP contribution in [0.3, 0.4) is 0 Å². The molecule has 0 aliphatic heterocycles. The van der Waals surface area contributed by atoms with Gasteiger partial charge < -0.3 is 9.47 Å². The normalized spacial score (nSPS) is 13.9. The fourth-order valence-corrected chi connectivity index (χ4v) is 5.53. The molecule has 0 aromatic rings. The molecule has 0 fully saturated rings. The lowest BCUT2D eigenvalue weighted by Crippen LogP contribution is -2.19. The number of rotatable bonds is 31. The quantitative estimate of drug-likeness (QED) is 0.0633. The lowest BCUT2D eigenvalue weighted by atomic mass is 9.99. The third-order valence-electron chi connectivity index (χ3n) is 8.67. The predicted octanol–water partition coefficient (Wildman–Crippen LogP) is 12.0. The third kappa shape index (κ3) is 26.1. The van der Waals surface area contributed by atoms with Gasteiger partial charge in [0.15, 0.2) is 0 Å². The smallest absolute Gasteiger partial charge is 0.305 e. The molecule has 0 radical (unpaired) electrons. The van der Waals surface area contributed by atoms with E-state index in [-0.39, 0.29) is 5.97 Å². The molecule has 0 N–H and O–H groups in total. The van der Waals surface area contributed by atoms with Gasteiger partial charge in [-0.15, -0.1) is 0 Å². The van der Waals surface area contributed by atoms with E-state index in [1.54, 1.807) is 0 Å². The van der Waals surface area contributed by atoms with Gasteiger partial charge in [-0.05, 0) is 43.9 Å². The second-order valence-corrected chi connectivity index (χ2v) is 12.4. The minimum absolute atomic E-state index is 0.0148. The van der Waals surface area contributed by atoms with Gasteiger partial charge in [0, 0.05) is 13.0 Å². The van der Waals surface area contributed by atoms with Crippen molar-refractivity contribution in [2.24, 2.45) is 11.8 Å². The molecule has 3 atom stereocenters. The molecule has 234 valence electrons. The van der Waals surface area contributed by atoms with Crippen molar-refractivity contribution in [3.63, 3.8) is 0 Å². The van der Waals surface area contributed by atoms with Crippen LogP contribution in [-0.4, -0.2) is 25.3 Å². The molecule has 3 heteroatoms. The van der Waals surface area contributed by atoms with E-state index in [4.69, 9.17) is 9.47 Å². The molecule has 3 nitrogen and oxygen atoms in total. The Balaban J connectivity index is 4.22. The SMILES string of the molecule is CCCCCCCCCCCCCCCC(CCCC(=O)OCC(CC)CCCC)OCC(CC)CCCC. The zero-order valence-corrected chi connectivity index (χ0v) is 27.5. The molecule has 3 unspecified atom stereocenters. The second-order valence-electron chi connectivity index (χ2n) is 12.4. The molecule has 0 aliphatic carbocycles. The highest BCUT2D eigenvalue weighted by Crippen LogP contribution is 2.20. The number of ether oxygens (including phenoxy) is 2. The van der Waals surface area contributed by atoms with Crippen molar-refractivity contribution < 1.29 is 14.3 Å². The topological polar surface area (TPSA) is 35.5 Å². The Morgan fingerprint density at radius 2 is 0.923 bits per heavy atom. The van der Waals surface area contributed by atoms with Crippen molar-refractivity contribution in [3.05, 3.63) is 0 Å². The number of carbonyl (C=O) groups is 1. The summed E-state index contributed by atoms with van der Waals surface area (Å²) in [7, 11) is 0.